The average Bonchev–Trinajstić information content (AvgIpc) is 2.05. The van der Waals surface area contributed by atoms with Crippen LogP contribution in [0.2, 0.25) is 0 Å². The average molecular weight is 168 g/mol. The number of nitrogens with zero attached hydrogens (tertiary/aromatic N) is 2. The Labute approximate surface area is 70.6 Å². The zero-order chi connectivity index (χ0) is 8.81. The summed E-state index contributed by atoms with van der Waals surface area (Å²) in [7, 11) is 0. The highest BCUT2D eigenvalue weighted by Gasteiger charge is 1.93. The van der Waals surface area contributed by atoms with Crippen molar-refractivity contribution in [2.45, 2.75) is 6.42 Å². The fourth-order valence-corrected chi connectivity index (χ4v) is 0.737. The molecule has 0 fully saturated rings. The monoisotopic (exact) mass is 168 g/mol. The molecule has 0 atom stereocenters. The van der Waals surface area contributed by atoms with E-state index in [2.05, 4.69) is 15.3 Å². The molecule has 0 unspecified atom stereocenters. The van der Waals surface area contributed by atoms with E-state index >= 15 is 0 Å². The lowest BCUT2D eigenvalue weighted by Crippen LogP contribution is -2.07. The van der Waals surface area contributed by atoms with Gasteiger partial charge in [-0.3, -0.25) is 0 Å². The van der Waals surface area contributed by atoms with Crippen LogP contribution in [-0.2, 0) is 0 Å². The van der Waals surface area contributed by atoms with Crippen molar-refractivity contribution in [1.29, 1.82) is 0 Å². The molecule has 0 aliphatic carbocycles. The summed E-state index contributed by atoms with van der Waals surface area (Å²) in [5.74, 6) is 0.944. The van der Waals surface area contributed by atoms with E-state index in [1.54, 1.807) is 12.3 Å². The van der Waals surface area contributed by atoms with Gasteiger partial charge in [0.2, 0.25) is 5.95 Å². The fraction of sp³-hybridized carbons (Fsp3) is 0.429. The number of anilines is 2. The summed E-state index contributed by atoms with van der Waals surface area (Å²) in [6, 6.07) is 1.62. The van der Waals surface area contributed by atoms with Crippen LogP contribution in [0.5, 0.6) is 0 Å². The Bertz CT molecular complexity index is 241. The summed E-state index contributed by atoms with van der Waals surface area (Å²) >= 11 is 0. The second-order valence-electron chi connectivity index (χ2n) is 2.31. The van der Waals surface area contributed by atoms with Gasteiger partial charge in [0.25, 0.3) is 0 Å². The van der Waals surface area contributed by atoms with Crippen LogP contribution in [0.25, 0.3) is 0 Å². The number of nitrogens with one attached hydrogen (secondary N) is 1. The van der Waals surface area contributed by atoms with Gasteiger partial charge in [0.15, 0.2) is 0 Å². The van der Waals surface area contributed by atoms with E-state index in [-0.39, 0.29) is 6.61 Å². The molecule has 4 N–H and O–H groups in total. The van der Waals surface area contributed by atoms with Gasteiger partial charge in [-0.2, -0.15) is 4.98 Å². The predicted octanol–water partition coefficient (Wildman–Crippen LogP) is -0.147. The van der Waals surface area contributed by atoms with Crippen LogP contribution in [0, 0.1) is 0 Å². The molecule has 0 aromatic carbocycles. The molecule has 5 heteroatoms. The van der Waals surface area contributed by atoms with E-state index < -0.39 is 0 Å². The molecule has 1 rings (SSSR count). The van der Waals surface area contributed by atoms with E-state index in [9.17, 15) is 0 Å². The summed E-state index contributed by atoms with van der Waals surface area (Å²) in [4.78, 5) is 7.85. The molecule has 1 heterocycles. The van der Waals surface area contributed by atoms with Crippen LogP contribution < -0.4 is 11.1 Å². The van der Waals surface area contributed by atoms with Gasteiger partial charge in [0, 0.05) is 19.3 Å². The number of nitrogens with two attached hydrogens (primary N) is 1. The van der Waals surface area contributed by atoms with Crippen molar-refractivity contribution in [2.24, 2.45) is 0 Å². The number of aliphatic hydroxyl groups is 1. The Morgan fingerprint density at radius 3 is 3.08 bits per heavy atom. The van der Waals surface area contributed by atoms with Gasteiger partial charge in [-0.05, 0) is 12.5 Å². The third kappa shape index (κ3) is 2.71. The quantitative estimate of drug-likeness (QED) is 0.545. The van der Waals surface area contributed by atoms with Crippen molar-refractivity contribution >= 4 is 11.8 Å². The zero-order valence-electron chi connectivity index (χ0n) is 6.70. The number of aromatic nitrogens is 2. The van der Waals surface area contributed by atoms with Crippen molar-refractivity contribution < 1.29 is 5.11 Å². The maximum atomic E-state index is 8.49. The molecule has 0 amide bonds. The first-order valence-corrected chi connectivity index (χ1v) is 3.76. The maximum Gasteiger partial charge on any atom is 0.224 e. The largest absolute Gasteiger partial charge is 0.396 e. The molecule has 0 spiro atoms. The van der Waals surface area contributed by atoms with Gasteiger partial charge in [0.05, 0.1) is 0 Å². The summed E-state index contributed by atoms with van der Waals surface area (Å²) < 4.78 is 0. The molecule has 1 aromatic rings. The van der Waals surface area contributed by atoms with Gasteiger partial charge < -0.3 is 16.2 Å². The Hall–Kier alpha value is -1.36. The zero-order valence-corrected chi connectivity index (χ0v) is 6.70. The molecular formula is C7H12N4O. The Morgan fingerprint density at radius 1 is 1.58 bits per heavy atom. The molecule has 0 saturated carbocycles. The molecular weight excluding hydrogens is 156 g/mol. The van der Waals surface area contributed by atoms with Gasteiger partial charge in [-0.15, -0.1) is 0 Å². The van der Waals surface area contributed by atoms with Crippen molar-refractivity contribution in [1.82, 2.24) is 9.97 Å². The summed E-state index contributed by atoms with van der Waals surface area (Å²) in [5, 5.41) is 11.4. The van der Waals surface area contributed by atoms with Gasteiger partial charge >= 0.3 is 0 Å². The molecule has 0 saturated heterocycles. The number of hydrogen-bond donors (Lipinski definition) is 3. The minimum absolute atomic E-state index is 0.162. The maximum absolute atomic E-state index is 8.49. The van der Waals surface area contributed by atoms with Crippen LogP contribution >= 0.6 is 0 Å². The van der Waals surface area contributed by atoms with Crippen molar-refractivity contribution in [3.63, 3.8) is 0 Å². The first-order valence-electron chi connectivity index (χ1n) is 3.76. The number of aliphatic hydroxyl groups excluding tert-OH is 1. The third-order valence-electron chi connectivity index (χ3n) is 1.30. The SMILES string of the molecule is Nc1ccnc(NCCCO)n1. The van der Waals surface area contributed by atoms with Gasteiger partial charge in [-0.1, -0.05) is 0 Å². The summed E-state index contributed by atoms with van der Waals surface area (Å²) in [6.07, 6.45) is 2.27. The number of hydrogen-bond acceptors (Lipinski definition) is 5. The minimum Gasteiger partial charge on any atom is -0.396 e. The molecule has 12 heavy (non-hydrogen) atoms. The normalized spacial score (nSPS) is 9.75. The first kappa shape index (κ1) is 8.73. The van der Waals surface area contributed by atoms with Gasteiger partial charge in [-0.25, -0.2) is 4.98 Å². The van der Waals surface area contributed by atoms with Crippen molar-refractivity contribution in [3.8, 4) is 0 Å². The summed E-state index contributed by atoms with van der Waals surface area (Å²) in [5.41, 5.74) is 5.42. The molecule has 0 aliphatic rings. The van der Waals surface area contributed by atoms with E-state index in [0.29, 0.717) is 24.7 Å². The van der Waals surface area contributed by atoms with Crippen molar-refractivity contribution in [3.05, 3.63) is 12.3 Å². The summed E-state index contributed by atoms with van der Waals surface area (Å²) in [6.45, 7) is 0.815. The highest BCUT2D eigenvalue weighted by molar-refractivity contribution is 5.34. The Morgan fingerprint density at radius 2 is 2.42 bits per heavy atom. The van der Waals surface area contributed by atoms with Crippen LogP contribution in [0.4, 0.5) is 11.8 Å². The van der Waals surface area contributed by atoms with E-state index in [0.717, 1.165) is 0 Å². The topological polar surface area (TPSA) is 84.1 Å². The predicted molar refractivity (Wildman–Crippen MR) is 46.6 cm³/mol. The second kappa shape index (κ2) is 4.50. The molecule has 1 aromatic heterocycles. The lowest BCUT2D eigenvalue weighted by molar-refractivity contribution is 0.292. The fourth-order valence-electron chi connectivity index (χ4n) is 0.737. The van der Waals surface area contributed by atoms with Crippen LogP contribution in [-0.4, -0.2) is 28.2 Å². The Balaban J connectivity index is 2.41. The lowest BCUT2D eigenvalue weighted by Gasteiger charge is -2.02. The molecule has 0 bridgehead atoms. The Kier molecular flexibility index (Phi) is 3.28. The van der Waals surface area contributed by atoms with Crippen LogP contribution in [0.1, 0.15) is 6.42 Å². The highest BCUT2D eigenvalue weighted by atomic mass is 16.3. The van der Waals surface area contributed by atoms with Crippen LogP contribution in [0.15, 0.2) is 12.3 Å². The smallest absolute Gasteiger partial charge is 0.224 e. The molecule has 66 valence electrons. The van der Waals surface area contributed by atoms with Crippen molar-refractivity contribution in [2.75, 3.05) is 24.2 Å². The van der Waals surface area contributed by atoms with E-state index in [1.165, 1.54) is 0 Å². The van der Waals surface area contributed by atoms with Crippen LogP contribution in [0.3, 0.4) is 0 Å². The number of rotatable bonds is 4. The van der Waals surface area contributed by atoms with Gasteiger partial charge in [0.1, 0.15) is 5.82 Å². The minimum atomic E-state index is 0.162. The second-order valence-corrected chi connectivity index (χ2v) is 2.31. The van der Waals surface area contributed by atoms with E-state index in [1.807, 2.05) is 0 Å². The molecule has 5 nitrogen and oxygen atoms in total. The lowest BCUT2D eigenvalue weighted by atomic mass is 10.4. The standard InChI is InChI=1S/C7H12N4O/c8-6-2-4-10-7(11-6)9-3-1-5-12/h2,4,12H,1,3,5H2,(H3,8,9,10,11). The molecule has 0 radical (unpaired) electrons. The molecule has 0 aliphatic heterocycles. The third-order valence-corrected chi connectivity index (χ3v) is 1.30. The number of nitrogen functional groups attached to an aromatic ring is 1. The highest BCUT2D eigenvalue weighted by Crippen LogP contribution is 2.00. The van der Waals surface area contributed by atoms with E-state index in [4.69, 9.17) is 10.8 Å². The first-order chi connectivity index (χ1) is 5.83.